The average Bonchev–Trinajstić information content (AvgIpc) is 2.64. The van der Waals surface area contributed by atoms with E-state index < -0.39 is 0 Å². The Morgan fingerprint density at radius 1 is 1.00 bits per heavy atom. The normalized spacial score (nSPS) is 18.1. The zero-order valence-electron chi connectivity index (χ0n) is 18.1. The molecule has 1 heterocycles. The van der Waals surface area contributed by atoms with E-state index in [1.54, 1.807) is 6.08 Å². The average molecular weight is 377 g/mol. The summed E-state index contributed by atoms with van der Waals surface area (Å²) < 4.78 is 6.07. The number of ketones is 1. The fourth-order valence-electron chi connectivity index (χ4n) is 4.17. The van der Waals surface area contributed by atoms with Crippen LogP contribution < -0.4 is 0 Å². The van der Waals surface area contributed by atoms with Gasteiger partial charge in [-0.3, -0.25) is 4.79 Å². The Morgan fingerprint density at radius 2 is 1.56 bits per heavy atom. The number of carbonyl (C=O) groups is 1. The quantitative estimate of drug-likeness (QED) is 0.190. The smallest absolute Gasteiger partial charge is 0.162 e. The summed E-state index contributed by atoms with van der Waals surface area (Å²) in [5.41, 5.74) is 0. The molecular weight excluding hydrogens is 332 g/mol. The van der Waals surface area contributed by atoms with Crippen LogP contribution in [0, 0.1) is 5.92 Å². The molecule has 0 saturated heterocycles. The van der Waals surface area contributed by atoms with E-state index in [1.165, 1.54) is 89.9 Å². The van der Waals surface area contributed by atoms with E-state index in [9.17, 15) is 4.79 Å². The molecule has 1 aliphatic rings. The maximum atomic E-state index is 12.0. The second-order valence-corrected chi connectivity index (χ2v) is 8.39. The van der Waals surface area contributed by atoms with Crippen molar-refractivity contribution in [3.63, 3.8) is 0 Å². The van der Waals surface area contributed by atoms with Gasteiger partial charge in [-0.05, 0) is 38.5 Å². The summed E-state index contributed by atoms with van der Waals surface area (Å²) in [5, 5.41) is 0. The van der Waals surface area contributed by atoms with E-state index in [2.05, 4.69) is 13.5 Å². The third-order valence-electron chi connectivity index (χ3n) is 5.79. The van der Waals surface area contributed by atoms with Crippen LogP contribution in [0.5, 0.6) is 0 Å². The topological polar surface area (TPSA) is 26.3 Å². The fraction of sp³-hybridized carbons (Fsp3) is 0.800. The van der Waals surface area contributed by atoms with Crippen LogP contribution in [0.3, 0.4) is 0 Å². The zero-order chi connectivity index (χ0) is 19.7. The van der Waals surface area contributed by atoms with Crippen LogP contribution in [0.1, 0.15) is 117 Å². The van der Waals surface area contributed by atoms with Crippen molar-refractivity contribution in [2.24, 2.45) is 5.92 Å². The monoisotopic (exact) mass is 376 g/mol. The Kier molecular flexibility index (Phi) is 14.2. The molecule has 2 heteroatoms. The summed E-state index contributed by atoms with van der Waals surface area (Å²) in [6, 6.07) is 0. The summed E-state index contributed by atoms with van der Waals surface area (Å²) in [7, 11) is 0. The first-order valence-corrected chi connectivity index (χ1v) is 11.7. The molecule has 1 aliphatic heterocycles. The number of hydrogen-bond acceptors (Lipinski definition) is 2. The van der Waals surface area contributed by atoms with Gasteiger partial charge in [0.15, 0.2) is 5.78 Å². The molecule has 0 aliphatic carbocycles. The minimum atomic E-state index is 0.114. The van der Waals surface area contributed by atoms with Gasteiger partial charge in [0.25, 0.3) is 0 Å². The van der Waals surface area contributed by atoms with Gasteiger partial charge in [0.2, 0.25) is 0 Å². The SMILES string of the molecule is C=CCCCCCCCC(CCCCCCCCC)C1CC(=O)C=C(C)O1. The summed E-state index contributed by atoms with van der Waals surface area (Å²) in [4.78, 5) is 12.0. The number of hydrogen-bond donors (Lipinski definition) is 0. The second-order valence-electron chi connectivity index (χ2n) is 8.39. The molecule has 0 amide bonds. The molecule has 0 aromatic carbocycles. The maximum absolute atomic E-state index is 12.0. The molecule has 2 unspecified atom stereocenters. The molecular formula is C25H44O2. The highest BCUT2D eigenvalue weighted by Gasteiger charge is 2.27. The standard InChI is InChI=1S/C25H44O2/c1-4-6-8-10-12-14-16-18-23(19-17-15-13-11-9-7-5-2)25-21-24(26)20-22(3)27-25/h4,20,23,25H,1,5-19,21H2,2-3H3. The molecule has 0 N–H and O–H groups in total. The van der Waals surface area contributed by atoms with Crippen LogP contribution in [0.4, 0.5) is 0 Å². The first-order chi connectivity index (χ1) is 13.2. The number of allylic oxidation sites excluding steroid dienone is 3. The van der Waals surface area contributed by atoms with Crippen LogP contribution in [0.25, 0.3) is 0 Å². The number of unbranched alkanes of at least 4 members (excludes halogenated alkanes) is 11. The molecule has 2 atom stereocenters. The Labute approximate surface area is 168 Å². The number of ether oxygens (including phenoxy) is 1. The highest BCUT2D eigenvalue weighted by molar-refractivity contribution is 5.91. The predicted octanol–water partition coefficient (Wildman–Crippen LogP) is 7.92. The maximum Gasteiger partial charge on any atom is 0.162 e. The van der Waals surface area contributed by atoms with Crippen LogP contribution in [0.2, 0.25) is 0 Å². The highest BCUT2D eigenvalue weighted by atomic mass is 16.5. The van der Waals surface area contributed by atoms with Crippen LogP contribution >= 0.6 is 0 Å². The van der Waals surface area contributed by atoms with Gasteiger partial charge < -0.3 is 4.74 Å². The zero-order valence-corrected chi connectivity index (χ0v) is 18.1. The van der Waals surface area contributed by atoms with Crippen molar-refractivity contribution in [2.45, 2.75) is 123 Å². The first-order valence-electron chi connectivity index (χ1n) is 11.7. The summed E-state index contributed by atoms with van der Waals surface area (Å²) in [6.45, 7) is 7.99. The van der Waals surface area contributed by atoms with E-state index in [1.807, 2.05) is 13.0 Å². The number of carbonyl (C=O) groups excluding carboxylic acids is 1. The molecule has 0 bridgehead atoms. The van der Waals surface area contributed by atoms with Crippen molar-refractivity contribution < 1.29 is 9.53 Å². The van der Waals surface area contributed by atoms with E-state index >= 15 is 0 Å². The molecule has 0 fully saturated rings. The molecule has 0 radical (unpaired) electrons. The molecule has 0 aromatic heterocycles. The van der Waals surface area contributed by atoms with Crippen molar-refractivity contribution in [1.82, 2.24) is 0 Å². The van der Waals surface area contributed by atoms with Crippen molar-refractivity contribution in [2.75, 3.05) is 0 Å². The minimum absolute atomic E-state index is 0.114. The van der Waals surface area contributed by atoms with E-state index in [0.29, 0.717) is 12.3 Å². The van der Waals surface area contributed by atoms with Gasteiger partial charge in [-0.15, -0.1) is 6.58 Å². The lowest BCUT2D eigenvalue weighted by Crippen LogP contribution is -2.29. The van der Waals surface area contributed by atoms with Crippen molar-refractivity contribution in [3.05, 3.63) is 24.5 Å². The third kappa shape index (κ3) is 12.1. The minimum Gasteiger partial charge on any atom is -0.494 e. The van der Waals surface area contributed by atoms with Gasteiger partial charge in [-0.2, -0.15) is 0 Å². The molecule has 27 heavy (non-hydrogen) atoms. The Morgan fingerprint density at radius 3 is 2.11 bits per heavy atom. The lowest BCUT2D eigenvalue weighted by atomic mass is 9.86. The summed E-state index contributed by atoms with van der Waals surface area (Å²) >= 11 is 0. The van der Waals surface area contributed by atoms with Crippen molar-refractivity contribution in [3.8, 4) is 0 Å². The van der Waals surface area contributed by atoms with Gasteiger partial charge >= 0.3 is 0 Å². The number of rotatable bonds is 17. The summed E-state index contributed by atoms with van der Waals surface area (Å²) in [6.07, 6.45) is 23.9. The van der Waals surface area contributed by atoms with Gasteiger partial charge in [0, 0.05) is 12.5 Å². The Bertz CT molecular complexity index is 424. The van der Waals surface area contributed by atoms with Gasteiger partial charge in [-0.25, -0.2) is 0 Å². The molecule has 0 aromatic rings. The lowest BCUT2D eigenvalue weighted by molar-refractivity contribution is -0.119. The molecule has 0 spiro atoms. The van der Waals surface area contributed by atoms with Crippen LogP contribution in [0.15, 0.2) is 24.5 Å². The summed E-state index contributed by atoms with van der Waals surface area (Å²) in [5.74, 6) is 1.60. The van der Waals surface area contributed by atoms with Crippen molar-refractivity contribution in [1.29, 1.82) is 0 Å². The van der Waals surface area contributed by atoms with Gasteiger partial charge in [0.1, 0.15) is 6.10 Å². The largest absolute Gasteiger partial charge is 0.494 e. The molecule has 0 saturated carbocycles. The Balaban J connectivity index is 2.32. The predicted molar refractivity (Wildman–Crippen MR) is 117 cm³/mol. The fourth-order valence-corrected chi connectivity index (χ4v) is 4.17. The van der Waals surface area contributed by atoms with Crippen molar-refractivity contribution >= 4 is 5.78 Å². The van der Waals surface area contributed by atoms with Gasteiger partial charge in [0.05, 0.1) is 5.76 Å². The van der Waals surface area contributed by atoms with Crippen LogP contribution in [-0.2, 0) is 9.53 Å². The molecule has 156 valence electrons. The lowest BCUT2D eigenvalue weighted by Gasteiger charge is -2.30. The molecule has 1 rings (SSSR count). The highest BCUT2D eigenvalue weighted by Crippen LogP contribution is 2.29. The van der Waals surface area contributed by atoms with E-state index in [4.69, 9.17) is 4.74 Å². The van der Waals surface area contributed by atoms with E-state index in [-0.39, 0.29) is 11.9 Å². The second kappa shape index (κ2) is 16.0. The van der Waals surface area contributed by atoms with Gasteiger partial charge in [-0.1, -0.05) is 83.6 Å². The first kappa shape index (κ1) is 24.0. The third-order valence-corrected chi connectivity index (χ3v) is 5.79. The molecule has 2 nitrogen and oxygen atoms in total. The Hall–Kier alpha value is -1.05. The van der Waals surface area contributed by atoms with E-state index in [0.717, 1.165) is 12.2 Å². The van der Waals surface area contributed by atoms with Crippen LogP contribution in [-0.4, -0.2) is 11.9 Å².